The van der Waals surface area contributed by atoms with Gasteiger partial charge in [-0.25, -0.2) is 9.67 Å². The second-order valence-electron chi connectivity index (χ2n) is 4.38. The molecular weight excluding hydrogens is 214 g/mol. The standard InChI is InChI=1S/C13H13N3O/c1-8(17)10-5-6-13(12-4-3-11(10)12)16-7-14-9(2)15-16/h5-7H,3-4H2,1-2H3. The number of carbonyl (C=O) groups is 1. The van der Waals surface area contributed by atoms with Gasteiger partial charge in [0.15, 0.2) is 5.78 Å². The second kappa shape index (κ2) is 3.52. The molecule has 0 bridgehead atoms. The van der Waals surface area contributed by atoms with Gasteiger partial charge in [0.25, 0.3) is 0 Å². The van der Waals surface area contributed by atoms with Gasteiger partial charge >= 0.3 is 0 Å². The van der Waals surface area contributed by atoms with E-state index in [1.165, 1.54) is 11.1 Å². The van der Waals surface area contributed by atoms with Gasteiger partial charge in [0.05, 0.1) is 5.69 Å². The molecule has 0 saturated heterocycles. The van der Waals surface area contributed by atoms with Gasteiger partial charge < -0.3 is 0 Å². The van der Waals surface area contributed by atoms with Crippen LogP contribution in [0.3, 0.4) is 0 Å². The number of rotatable bonds is 2. The van der Waals surface area contributed by atoms with Gasteiger partial charge in [0, 0.05) is 5.56 Å². The molecule has 0 unspecified atom stereocenters. The average molecular weight is 227 g/mol. The molecule has 1 aromatic carbocycles. The number of aryl methyl sites for hydroxylation is 1. The zero-order valence-corrected chi connectivity index (χ0v) is 9.90. The zero-order valence-electron chi connectivity index (χ0n) is 9.90. The highest BCUT2D eigenvalue weighted by molar-refractivity contribution is 5.96. The Labute approximate surface area is 99.3 Å². The number of benzene rings is 1. The summed E-state index contributed by atoms with van der Waals surface area (Å²) in [5.74, 6) is 0.899. The van der Waals surface area contributed by atoms with Crippen LogP contribution in [0.2, 0.25) is 0 Å². The number of hydrogen-bond donors (Lipinski definition) is 0. The van der Waals surface area contributed by atoms with E-state index in [-0.39, 0.29) is 5.78 Å². The van der Waals surface area contributed by atoms with Crippen LogP contribution in [0, 0.1) is 6.92 Å². The topological polar surface area (TPSA) is 47.8 Å². The molecule has 1 aromatic heterocycles. The quantitative estimate of drug-likeness (QED) is 0.736. The third-order valence-electron chi connectivity index (χ3n) is 3.26. The normalized spacial score (nSPS) is 13.1. The largest absolute Gasteiger partial charge is 0.295 e. The van der Waals surface area contributed by atoms with Crippen LogP contribution in [0.15, 0.2) is 18.5 Å². The fourth-order valence-electron chi connectivity index (χ4n) is 2.32. The number of carbonyl (C=O) groups excluding carboxylic acids is 1. The average Bonchev–Trinajstić information content (AvgIpc) is 2.65. The van der Waals surface area contributed by atoms with Crippen molar-refractivity contribution < 1.29 is 4.79 Å². The molecule has 0 saturated carbocycles. The first kappa shape index (κ1) is 10.2. The van der Waals surface area contributed by atoms with E-state index in [0.717, 1.165) is 29.9 Å². The van der Waals surface area contributed by atoms with Gasteiger partial charge in [-0.15, -0.1) is 0 Å². The smallest absolute Gasteiger partial charge is 0.160 e. The van der Waals surface area contributed by atoms with Crippen molar-refractivity contribution in [2.45, 2.75) is 26.7 Å². The molecular formula is C13H13N3O. The van der Waals surface area contributed by atoms with Crippen LogP contribution >= 0.6 is 0 Å². The Bertz CT molecular complexity index is 613. The molecule has 0 N–H and O–H groups in total. The minimum atomic E-state index is 0.141. The van der Waals surface area contributed by atoms with Gasteiger partial charge in [-0.3, -0.25) is 4.79 Å². The Morgan fingerprint density at radius 2 is 2.06 bits per heavy atom. The minimum absolute atomic E-state index is 0.141. The third-order valence-corrected chi connectivity index (χ3v) is 3.26. The number of ketones is 1. The zero-order chi connectivity index (χ0) is 12.0. The van der Waals surface area contributed by atoms with Gasteiger partial charge in [-0.1, -0.05) is 0 Å². The monoisotopic (exact) mass is 227 g/mol. The van der Waals surface area contributed by atoms with Crippen molar-refractivity contribution in [3.05, 3.63) is 41.0 Å². The van der Waals surface area contributed by atoms with E-state index >= 15 is 0 Å². The predicted molar refractivity (Wildman–Crippen MR) is 63.5 cm³/mol. The maximum atomic E-state index is 11.5. The first-order chi connectivity index (χ1) is 8.16. The summed E-state index contributed by atoms with van der Waals surface area (Å²) in [7, 11) is 0. The van der Waals surface area contributed by atoms with E-state index in [0.29, 0.717) is 0 Å². The molecule has 0 spiro atoms. The van der Waals surface area contributed by atoms with Gasteiger partial charge in [-0.2, -0.15) is 5.10 Å². The fraction of sp³-hybridized carbons (Fsp3) is 0.308. The molecule has 4 nitrogen and oxygen atoms in total. The third kappa shape index (κ3) is 1.48. The molecule has 0 fully saturated rings. The number of fused-ring (bicyclic) bond motifs is 1. The lowest BCUT2D eigenvalue weighted by atomic mass is 9.82. The molecule has 0 amide bonds. The molecule has 4 heteroatoms. The number of Topliss-reactive ketones (excluding diaryl/α,β-unsaturated/α-hetero) is 1. The summed E-state index contributed by atoms with van der Waals surface area (Å²) < 4.78 is 1.79. The Morgan fingerprint density at radius 3 is 2.59 bits per heavy atom. The molecule has 17 heavy (non-hydrogen) atoms. The summed E-state index contributed by atoms with van der Waals surface area (Å²) in [5, 5.41) is 4.31. The van der Waals surface area contributed by atoms with Gasteiger partial charge in [0.1, 0.15) is 12.2 Å². The SMILES string of the molecule is CC(=O)c1ccc(-n2cnc(C)n2)c2c1CC2. The van der Waals surface area contributed by atoms with Crippen molar-refractivity contribution in [1.29, 1.82) is 0 Å². The summed E-state index contributed by atoms with van der Waals surface area (Å²) in [6.07, 6.45) is 3.73. The van der Waals surface area contributed by atoms with Crippen LogP contribution in [0.25, 0.3) is 5.69 Å². The minimum Gasteiger partial charge on any atom is -0.295 e. The van der Waals surface area contributed by atoms with E-state index in [1.807, 2.05) is 19.1 Å². The van der Waals surface area contributed by atoms with Crippen LogP contribution in [-0.4, -0.2) is 20.5 Å². The van der Waals surface area contributed by atoms with Gasteiger partial charge in [-0.05, 0) is 49.9 Å². The Morgan fingerprint density at radius 1 is 1.29 bits per heavy atom. The summed E-state index contributed by atoms with van der Waals surface area (Å²) in [6, 6.07) is 3.86. The molecule has 0 radical (unpaired) electrons. The molecule has 3 rings (SSSR count). The maximum absolute atomic E-state index is 11.5. The second-order valence-corrected chi connectivity index (χ2v) is 4.38. The van der Waals surface area contributed by atoms with Crippen molar-refractivity contribution in [2.24, 2.45) is 0 Å². The lowest BCUT2D eigenvalue weighted by molar-refractivity contribution is 0.101. The predicted octanol–water partition coefficient (Wildman–Crippen LogP) is 1.88. The Balaban J connectivity index is 2.15. The van der Waals surface area contributed by atoms with Crippen molar-refractivity contribution in [3.8, 4) is 5.69 Å². The highest BCUT2D eigenvalue weighted by atomic mass is 16.1. The van der Waals surface area contributed by atoms with E-state index in [1.54, 1.807) is 17.9 Å². The van der Waals surface area contributed by atoms with E-state index < -0.39 is 0 Å². The summed E-state index contributed by atoms with van der Waals surface area (Å²) in [6.45, 7) is 3.49. The molecule has 2 aromatic rings. The molecule has 86 valence electrons. The molecule has 0 aliphatic heterocycles. The summed E-state index contributed by atoms with van der Waals surface area (Å²) in [5.41, 5.74) is 4.33. The number of aromatic nitrogens is 3. The van der Waals surface area contributed by atoms with Crippen LogP contribution in [0.4, 0.5) is 0 Å². The Hall–Kier alpha value is -1.97. The first-order valence-corrected chi connectivity index (χ1v) is 5.71. The summed E-state index contributed by atoms with van der Waals surface area (Å²) >= 11 is 0. The fourth-order valence-corrected chi connectivity index (χ4v) is 2.32. The lowest BCUT2D eigenvalue weighted by Crippen LogP contribution is -2.18. The van der Waals surface area contributed by atoms with Crippen molar-refractivity contribution in [1.82, 2.24) is 14.8 Å². The van der Waals surface area contributed by atoms with E-state index in [9.17, 15) is 4.79 Å². The number of nitrogens with zero attached hydrogens (tertiary/aromatic N) is 3. The van der Waals surface area contributed by atoms with Crippen molar-refractivity contribution in [3.63, 3.8) is 0 Å². The lowest BCUT2D eigenvalue weighted by Gasteiger charge is -2.24. The summed E-state index contributed by atoms with van der Waals surface area (Å²) in [4.78, 5) is 15.6. The van der Waals surface area contributed by atoms with E-state index in [2.05, 4.69) is 10.1 Å². The van der Waals surface area contributed by atoms with Crippen LogP contribution in [0.1, 0.15) is 34.2 Å². The number of hydrogen-bond acceptors (Lipinski definition) is 3. The molecule has 1 heterocycles. The highest BCUT2D eigenvalue weighted by Gasteiger charge is 2.23. The van der Waals surface area contributed by atoms with Crippen LogP contribution < -0.4 is 0 Å². The molecule has 1 aliphatic rings. The molecule has 0 atom stereocenters. The highest BCUT2D eigenvalue weighted by Crippen LogP contribution is 2.32. The van der Waals surface area contributed by atoms with E-state index in [4.69, 9.17) is 0 Å². The Kier molecular flexibility index (Phi) is 2.11. The maximum Gasteiger partial charge on any atom is 0.160 e. The van der Waals surface area contributed by atoms with Gasteiger partial charge in [0.2, 0.25) is 0 Å². The van der Waals surface area contributed by atoms with Crippen LogP contribution in [-0.2, 0) is 12.8 Å². The van der Waals surface area contributed by atoms with Crippen molar-refractivity contribution in [2.75, 3.05) is 0 Å². The first-order valence-electron chi connectivity index (χ1n) is 5.71. The van der Waals surface area contributed by atoms with Crippen LogP contribution in [0.5, 0.6) is 0 Å². The van der Waals surface area contributed by atoms with Crippen molar-refractivity contribution >= 4 is 5.78 Å². The molecule has 1 aliphatic carbocycles.